The molecule has 0 rings (SSSR count). The maximum absolute atomic E-state index is 10.9. The Balaban J connectivity index is 3.28. The molecule has 0 spiro atoms. The summed E-state index contributed by atoms with van der Waals surface area (Å²) in [5.74, 6) is -0.581. The molecular formula is C7H15N3O2. The molecule has 0 heterocycles. The molecule has 0 aromatic heterocycles. The van der Waals surface area contributed by atoms with Crippen LogP contribution in [-0.4, -0.2) is 32.0 Å². The molecule has 0 aliphatic rings. The fourth-order valence-corrected chi connectivity index (χ4v) is 0.652. The van der Waals surface area contributed by atoms with Crippen LogP contribution in [0, 0.1) is 0 Å². The lowest BCUT2D eigenvalue weighted by atomic mass is 10.3. The van der Waals surface area contributed by atoms with E-state index >= 15 is 0 Å². The highest BCUT2D eigenvalue weighted by Gasteiger charge is 2.01. The Bertz CT molecular complexity index is 159. The first-order valence-corrected chi connectivity index (χ1v) is 3.86. The van der Waals surface area contributed by atoms with Gasteiger partial charge in [-0.25, -0.2) is 0 Å². The number of rotatable bonds is 6. The normalized spacial score (nSPS) is 9.42. The van der Waals surface area contributed by atoms with E-state index in [0.717, 1.165) is 6.54 Å². The Labute approximate surface area is 71.7 Å². The first-order chi connectivity index (χ1) is 5.66. The van der Waals surface area contributed by atoms with E-state index in [1.54, 1.807) is 7.05 Å². The Morgan fingerprint density at radius 3 is 2.42 bits per heavy atom. The lowest BCUT2D eigenvalue weighted by molar-refractivity contribution is -0.125. The van der Waals surface area contributed by atoms with E-state index in [2.05, 4.69) is 10.6 Å². The Morgan fingerprint density at radius 1 is 1.25 bits per heavy atom. The highest BCUT2D eigenvalue weighted by Crippen LogP contribution is 1.85. The van der Waals surface area contributed by atoms with Gasteiger partial charge in [-0.3, -0.25) is 9.59 Å². The van der Waals surface area contributed by atoms with Gasteiger partial charge in [-0.2, -0.15) is 0 Å². The van der Waals surface area contributed by atoms with Crippen LogP contribution in [-0.2, 0) is 9.59 Å². The molecule has 0 aromatic rings. The van der Waals surface area contributed by atoms with Crippen molar-refractivity contribution in [1.82, 2.24) is 10.6 Å². The lowest BCUT2D eigenvalue weighted by Crippen LogP contribution is -2.31. The van der Waals surface area contributed by atoms with Crippen molar-refractivity contribution >= 4 is 11.8 Å². The molecule has 0 aliphatic heterocycles. The minimum absolute atomic E-state index is 0.116. The van der Waals surface area contributed by atoms with Gasteiger partial charge in [-0.1, -0.05) is 0 Å². The Hall–Kier alpha value is -1.10. The number of nitrogens with one attached hydrogen (secondary N) is 2. The van der Waals surface area contributed by atoms with Gasteiger partial charge in [0.15, 0.2) is 0 Å². The number of primary amides is 1. The van der Waals surface area contributed by atoms with Crippen LogP contribution in [0.1, 0.15) is 12.8 Å². The van der Waals surface area contributed by atoms with E-state index in [0.29, 0.717) is 6.54 Å². The molecular weight excluding hydrogens is 158 g/mol. The summed E-state index contributed by atoms with van der Waals surface area (Å²) >= 11 is 0. The quantitative estimate of drug-likeness (QED) is 0.431. The average molecular weight is 173 g/mol. The van der Waals surface area contributed by atoms with Crippen molar-refractivity contribution in [2.45, 2.75) is 12.8 Å². The maximum Gasteiger partial charge on any atom is 0.220 e. The monoisotopic (exact) mass is 173 g/mol. The second-order valence-electron chi connectivity index (χ2n) is 2.42. The summed E-state index contributed by atoms with van der Waals surface area (Å²) in [5.41, 5.74) is 4.86. The van der Waals surface area contributed by atoms with Gasteiger partial charge in [0.2, 0.25) is 11.8 Å². The molecule has 4 N–H and O–H groups in total. The Morgan fingerprint density at radius 2 is 1.92 bits per heavy atom. The van der Waals surface area contributed by atoms with Crippen molar-refractivity contribution in [2.75, 3.05) is 20.1 Å². The van der Waals surface area contributed by atoms with Crippen molar-refractivity contribution in [3.05, 3.63) is 0 Å². The van der Waals surface area contributed by atoms with Gasteiger partial charge in [0, 0.05) is 25.9 Å². The second-order valence-corrected chi connectivity index (χ2v) is 2.42. The number of carbonyl (C=O) groups excluding carboxylic acids is 2. The van der Waals surface area contributed by atoms with Crippen LogP contribution in [0.5, 0.6) is 0 Å². The number of likely N-dealkylation sites (N-methyl/N-ethyl adjacent to an activating group) is 1. The summed E-state index contributed by atoms with van der Waals surface area (Å²) in [7, 11) is 1.80. The molecule has 70 valence electrons. The van der Waals surface area contributed by atoms with Crippen LogP contribution in [0.15, 0.2) is 0 Å². The molecule has 2 amide bonds. The Kier molecular flexibility index (Phi) is 6.00. The highest BCUT2D eigenvalue weighted by atomic mass is 16.2. The van der Waals surface area contributed by atoms with Gasteiger partial charge in [0.25, 0.3) is 0 Å². The molecule has 5 heteroatoms. The fourth-order valence-electron chi connectivity index (χ4n) is 0.652. The molecule has 0 fully saturated rings. The number of hydrogen-bond donors (Lipinski definition) is 3. The second kappa shape index (κ2) is 6.60. The average Bonchev–Trinajstić information content (AvgIpc) is 2.01. The zero-order valence-electron chi connectivity index (χ0n) is 7.22. The van der Waals surface area contributed by atoms with Crippen molar-refractivity contribution in [1.29, 1.82) is 0 Å². The molecule has 0 saturated carbocycles. The molecule has 0 aromatic carbocycles. The van der Waals surface area contributed by atoms with Crippen LogP contribution < -0.4 is 16.4 Å². The van der Waals surface area contributed by atoms with E-state index in [1.165, 1.54) is 0 Å². The predicted octanol–water partition coefficient (Wildman–Crippen LogP) is -1.41. The summed E-state index contributed by atoms with van der Waals surface area (Å²) in [6.45, 7) is 1.30. The van der Waals surface area contributed by atoms with Crippen molar-refractivity contribution in [2.24, 2.45) is 5.73 Å². The molecule has 0 aliphatic carbocycles. The van der Waals surface area contributed by atoms with Crippen LogP contribution in [0.25, 0.3) is 0 Å². The van der Waals surface area contributed by atoms with Gasteiger partial charge in [0.05, 0.1) is 0 Å². The van der Waals surface area contributed by atoms with E-state index < -0.39 is 5.91 Å². The van der Waals surface area contributed by atoms with Crippen LogP contribution in [0.4, 0.5) is 0 Å². The SMILES string of the molecule is CNCCNC(=O)CCC(N)=O. The highest BCUT2D eigenvalue weighted by molar-refractivity contribution is 5.82. The van der Waals surface area contributed by atoms with E-state index in [1.807, 2.05) is 0 Å². The summed E-state index contributed by atoms with van der Waals surface area (Å²) in [6, 6.07) is 0. The number of nitrogens with two attached hydrogens (primary N) is 1. The standard InChI is InChI=1S/C7H15N3O2/c1-9-4-5-10-7(12)3-2-6(8)11/h9H,2-5H2,1H3,(H2,8,11)(H,10,12). The molecule has 0 unspecified atom stereocenters. The summed E-state index contributed by atoms with van der Waals surface area (Å²) in [4.78, 5) is 21.1. The van der Waals surface area contributed by atoms with Gasteiger partial charge < -0.3 is 16.4 Å². The van der Waals surface area contributed by atoms with Crippen molar-refractivity contribution < 1.29 is 9.59 Å². The fraction of sp³-hybridized carbons (Fsp3) is 0.714. The number of carbonyl (C=O) groups is 2. The summed E-state index contributed by atoms with van der Waals surface area (Å²) < 4.78 is 0. The van der Waals surface area contributed by atoms with Crippen LogP contribution in [0.2, 0.25) is 0 Å². The zero-order chi connectivity index (χ0) is 9.40. The van der Waals surface area contributed by atoms with Gasteiger partial charge >= 0.3 is 0 Å². The minimum atomic E-state index is -0.446. The molecule has 0 atom stereocenters. The summed E-state index contributed by atoms with van der Waals surface area (Å²) in [6.07, 6.45) is 0.296. The van der Waals surface area contributed by atoms with Gasteiger partial charge in [0.1, 0.15) is 0 Å². The number of hydrogen-bond acceptors (Lipinski definition) is 3. The maximum atomic E-state index is 10.9. The molecule has 12 heavy (non-hydrogen) atoms. The zero-order valence-corrected chi connectivity index (χ0v) is 7.22. The third kappa shape index (κ3) is 7.01. The van der Waals surface area contributed by atoms with E-state index in [9.17, 15) is 9.59 Å². The van der Waals surface area contributed by atoms with Crippen LogP contribution >= 0.6 is 0 Å². The van der Waals surface area contributed by atoms with Crippen LogP contribution in [0.3, 0.4) is 0 Å². The van der Waals surface area contributed by atoms with Gasteiger partial charge in [-0.05, 0) is 7.05 Å². The third-order valence-electron chi connectivity index (χ3n) is 1.30. The third-order valence-corrected chi connectivity index (χ3v) is 1.30. The number of amides is 2. The summed E-state index contributed by atoms with van der Waals surface area (Å²) in [5, 5.41) is 5.51. The molecule has 0 saturated heterocycles. The van der Waals surface area contributed by atoms with E-state index in [-0.39, 0.29) is 18.7 Å². The van der Waals surface area contributed by atoms with Crippen molar-refractivity contribution in [3.63, 3.8) is 0 Å². The molecule has 0 bridgehead atoms. The topological polar surface area (TPSA) is 84.2 Å². The molecule has 0 radical (unpaired) electrons. The molecule has 5 nitrogen and oxygen atoms in total. The van der Waals surface area contributed by atoms with E-state index in [4.69, 9.17) is 5.73 Å². The van der Waals surface area contributed by atoms with Gasteiger partial charge in [-0.15, -0.1) is 0 Å². The first-order valence-electron chi connectivity index (χ1n) is 3.86. The smallest absolute Gasteiger partial charge is 0.220 e. The minimum Gasteiger partial charge on any atom is -0.370 e. The van der Waals surface area contributed by atoms with Crippen molar-refractivity contribution in [3.8, 4) is 0 Å². The predicted molar refractivity (Wildman–Crippen MR) is 45.4 cm³/mol. The first kappa shape index (κ1) is 10.9. The lowest BCUT2D eigenvalue weighted by Gasteiger charge is -2.02. The largest absolute Gasteiger partial charge is 0.370 e.